The summed E-state index contributed by atoms with van der Waals surface area (Å²) in [4.78, 5) is 12.3. The van der Waals surface area contributed by atoms with Gasteiger partial charge in [0, 0.05) is 11.1 Å². The van der Waals surface area contributed by atoms with Crippen LogP contribution in [0.25, 0.3) is 0 Å². The fourth-order valence-corrected chi connectivity index (χ4v) is 2.15. The van der Waals surface area contributed by atoms with E-state index >= 15 is 0 Å². The lowest BCUT2D eigenvalue weighted by molar-refractivity contribution is -0.126. The SMILES string of the molecule is CC1(C(=O)Nc2cccc(C#N)c2)CCNCC1. The third-order valence-electron chi connectivity index (χ3n) is 3.50. The lowest BCUT2D eigenvalue weighted by Crippen LogP contribution is -2.42. The van der Waals surface area contributed by atoms with E-state index in [9.17, 15) is 4.79 Å². The second-order valence-corrected chi connectivity index (χ2v) is 4.96. The van der Waals surface area contributed by atoms with E-state index in [1.54, 1.807) is 18.2 Å². The molecule has 18 heavy (non-hydrogen) atoms. The maximum atomic E-state index is 12.3. The average molecular weight is 243 g/mol. The summed E-state index contributed by atoms with van der Waals surface area (Å²) in [5.74, 6) is 0.0408. The fraction of sp³-hybridized carbons (Fsp3) is 0.429. The van der Waals surface area contributed by atoms with Crippen LogP contribution in [0.2, 0.25) is 0 Å². The zero-order chi connectivity index (χ0) is 13.0. The summed E-state index contributed by atoms with van der Waals surface area (Å²) in [6.07, 6.45) is 1.69. The van der Waals surface area contributed by atoms with Crippen LogP contribution < -0.4 is 10.6 Å². The van der Waals surface area contributed by atoms with Crippen LogP contribution in [0.15, 0.2) is 24.3 Å². The highest BCUT2D eigenvalue weighted by molar-refractivity contribution is 5.95. The smallest absolute Gasteiger partial charge is 0.230 e. The summed E-state index contributed by atoms with van der Waals surface area (Å²) in [7, 11) is 0. The summed E-state index contributed by atoms with van der Waals surface area (Å²) in [6.45, 7) is 3.75. The van der Waals surface area contributed by atoms with Crippen molar-refractivity contribution in [3.63, 3.8) is 0 Å². The van der Waals surface area contributed by atoms with Gasteiger partial charge in [0.05, 0.1) is 11.6 Å². The van der Waals surface area contributed by atoms with Crippen LogP contribution in [-0.2, 0) is 4.79 Å². The number of nitrogens with one attached hydrogen (secondary N) is 2. The Hall–Kier alpha value is -1.86. The van der Waals surface area contributed by atoms with Crippen LogP contribution in [0.5, 0.6) is 0 Å². The summed E-state index contributed by atoms with van der Waals surface area (Å²) in [6, 6.07) is 9.07. The predicted octanol–water partition coefficient (Wildman–Crippen LogP) is 1.89. The molecule has 94 valence electrons. The number of hydrogen-bond acceptors (Lipinski definition) is 3. The van der Waals surface area contributed by atoms with Gasteiger partial charge in [0.2, 0.25) is 5.91 Å². The van der Waals surface area contributed by atoms with Crippen molar-refractivity contribution < 1.29 is 4.79 Å². The molecule has 1 aromatic rings. The molecule has 0 unspecified atom stereocenters. The van der Waals surface area contributed by atoms with Gasteiger partial charge < -0.3 is 10.6 Å². The van der Waals surface area contributed by atoms with Crippen molar-refractivity contribution in [2.24, 2.45) is 5.41 Å². The maximum Gasteiger partial charge on any atom is 0.230 e. The van der Waals surface area contributed by atoms with Gasteiger partial charge in [0.15, 0.2) is 0 Å². The quantitative estimate of drug-likeness (QED) is 0.833. The maximum absolute atomic E-state index is 12.3. The van der Waals surface area contributed by atoms with Gasteiger partial charge in [0.25, 0.3) is 0 Å². The van der Waals surface area contributed by atoms with E-state index in [-0.39, 0.29) is 11.3 Å². The third kappa shape index (κ3) is 2.69. The van der Waals surface area contributed by atoms with Crippen LogP contribution >= 0.6 is 0 Å². The van der Waals surface area contributed by atoms with Gasteiger partial charge in [0.1, 0.15) is 0 Å². The van der Waals surface area contributed by atoms with Crippen LogP contribution in [0, 0.1) is 16.7 Å². The Kier molecular flexibility index (Phi) is 3.63. The van der Waals surface area contributed by atoms with Crippen molar-refractivity contribution in [3.05, 3.63) is 29.8 Å². The van der Waals surface area contributed by atoms with Crippen LogP contribution in [0.3, 0.4) is 0 Å². The first-order chi connectivity index (χ1) is 8.64. The Labute approximate surface area is 107 Å². The summed E-state index contributed by atoms with van der Waals surface area (Å²) < 4.78 is 0. The fourth-order valence-electron chi connectivity index (χ4n) is 2.15. The Bertz CT molecular complexity index is 484. The molecule has 2 rings (SSSR count). The molecule has 1 aromatic carbocycles. The van der Waals surface area contributed by atoms with Gasteiger partial charge in [-0.2, -0.15) is 5.26 Å². The average Bonchev–Trinajstić information content (AvgIpc) is 2.40. The minimum absolute atomic E-state index is 0.0408. The first-order valence-corrected chi connectivity index (χ1v) is 6.16. The number of nitriles is 1. The molecule has 1 amide bonds. The highest BCUT2D eigenvalue weighted by Gasteiger charge is 2.34. The molecule has 0 radical (unpaired) electrons. The van der Waals surface area contributed by atoms with Gasteiger partial charge >= 0.3 is 0 Å². The van der Waals surface area contributed by atoms with Crippen molar-refractivity contribution in [1.82, 2.24) is 5.32 Å². The van der Waals surface area contributed by atoms with Crippen LogP contribution in [-0.4, -0.2) is 19.0 Å². The zero-order valence-electron chi connectivity index (χ0n) is 10.5. The largest absolute Gasteiger partial charge is 0.326 e. The minimum atomic E-state index is -0.312. The lowest BCUT2D eigenvalue weighted by Gasteiger charge is -2.32. The molecule has 0 bridgehead atoms. The molecule has 1 saturated heterocycles. The van der Waals surface area contributed by atoms with Crippen molar-refractivity contribution in [2.75, 3.05) is 18.4 Å². The number of benzene rings is 1. The standard InChI is InChI=1S/C14H17N3O/c1-14(5-7-16-8-6-14)13(18)17-12-4-2-3-11(9-12)10-15/h2-4,9,16H,5-8H2,1H3,(H,17,18). The Morgan fingerprint density at radius 1 is 1.44 bits per heavy atom. The number of rotatable bonds is 2. The highest BCUT2D eigenvalue weighted by Crippen LogP contribution is 2.29. The first-order valence-electron chi connectivity index (χ1n) is 6.16. The van der Waals surface area contributed by atoms with E-state index in [1.807, 2.05) is 13.0 Å². The highest BCUT2D eigenvalue weighted by atomic mass is 16.2. The van der Waals surface area contributed by atoms with E-state index in [2.05, 4.69) is 16.7 Å². The van der Waals surface area contributed by atoms with E-state index in [4.69, 9.17) is 5.26 Å². The van der Waals surface area contributed by atoms with E-state index in [1.165, 1.54) is 0 Å². The number of carbonyl (C=O) groups is 1. The Morgan fingerprint density at radius 2 is 2.17 bits per heavy atom. The molecule has 0 atom stereocenters. The molecule has 4 nitrogen and oxygen atoms in total. The van der Waals surface area contributed by atoms with E-state index in [0.717, 1.165) is 25.9 Å². The molecular formula is C14H17N3O. The van der Waals surface area contributed by atoms with E-state index in [0.29, 0.717) is 11.3 Å². The van der Waals surface area contributed by atoms with E-state index < -0.39 is 0 Å². The van der Waals surface area contributed by atoms with Gasteiger partial charge in [-0.1, -0.05) is 13.0 Å². The van der Waals surface area contributed by atoms with Crippen molar-refractivity contribution in [2.45, 2.75) is 19.8 Å². The molecule has 1 aliphatic rings. The van der Waals surface area contributed by atoms with Crippen molar-refractivity contribution in [1.29, 1.82) is 5.26 Å². The number of carbonyl (C=O) groups excluding carboxylic acids is 1. The van der Waals surface area contributed by atoms with Crippen LogP contribution in [0.4, 0.5) is 5.69 Å². The molecule has 0 saturated carbocycles. The predicted molar refractivity (Wildman–Crippen MR) is 70.0 cm³/mol. The molecule has 1 aliphatic heterocycles. The molecule has 0 aromatic heterocycles. The number of amides is 1. The molecule has 1 fully saturated rings. The Balaban J connectivity index is 2.08. The second-order valence-electron chi connectivity index (χ2n) is 4.96. The van der Waals surface area contributed by atoms with Gasteiger partial charge in [-0.3, -0.25) is 4.79 Å². The molecule has 4 heteroatoms. The van der Waals surface area contributed by atoms with Gasteiger partial charge in [-0.25, -0.2) is 0 Å². The molecular weight excluding hydrogens is 226 g/mol. The number of anilines is 1. The number of piperidine rings is 1. The Morgan fingerprint density at radius 3 is 2.83 bits per heavy atom. The summed E-state index contributed by atoms with van der Waals surface area (Å²) in [5, 5.41) is 15.0. The normalized spacial score (nSPS) is 17.8. The molecule has 0 spiro atoms. The van der Waals surface area contributed by atoms with Crippen LogP contribution in [0.1, 0.15) is 25.3 Å². The lowest BCUT2D eigenvalue weighted by atomic mass is 9.80. The van der Waals surface area contributed by atoms with Crippen molar-refractivity contribution in [3.8, 4) is 6.07 Å². The molecule has 0 aliphatic carbocycles. The minimum Gasteiger partial charge on any atom is -0.326 e. The van der Waals surface area contributed by atoms with Gasteiger partial charge in [-0.15, -0.1) is 0 Å². The molecule has 2 N–H and O–H groups in total. The van der Waals surface area contributed by atoms with Gasteiger partial charge in [-0.05, 0) is 44.1 Å². The molecule has 1 heterocycles. The number of hydrogen-bond donors (Lipinski definition) is 2. The number of nitrogens with zero attached hydrogens (tertiary/aromatic N) is 1. The topological polar surface area (TPSA) is 64.9 Å². The second kappa shape index (κ2) is 5.19. The third-order valence-corrected chi connectivity index (χ3v) is 3.50. The monoisotopic (exact) mass is 243 g/mol. The summed E-state index contributed by atoms with van der Waals surface area (Å²) >= 11 is 0. The van der Waals surface area contributed by atoms with Crippen molar-refractivity contribution >= 4 is 11.6 Å². The zero-order valence-corrected chi connectivity index (χ0v) is 10.5. The summed E-state index contributed by atoms with van der Waals surface area (Å²) in [5.41, 5.74) is 0.940. The first kappa shape index (κ1) is 12.6.